The molecule has 0 bridgehead atoms. The molecule has 2 aromatic carbocycles. The van der Waals surface area contributed by atoms with Gasteiger partial charge in [-0.05, 0) is 35.4 Å². The Kier molecular flexibility index (Phi) is 5.36. The van der Waals surface area contributed by atoms with Crippen LogP contribution >= 0.6 is 12.2 Å². The van der Waals surface area contributed by atoms with E-state index in [1.165, 1.54) is 23.4 Å². The minimum absolute atomic E-state index is 1.07. The summed E-state index contributed by atoms with van der Waals surface area (Å²) in [7, 11) is 7.49. The van der Waals surface area contributed by atoms with E-state index in [0.29, 0.717) is 0 Å². The zero-order valence-electron chi connectivity index (χ0n) is 12.8. The SMILES string of the molecule is CNc1ccc(-c2ccc(N(C)SOC)c(NC)c2)cc1. The predicted molar refractivity (Wildman–Crippen MR) is 94.0 cm³/mol. The molecule has 0 radical (unpaired) electrons. The van der Waals surface area contributed by atoms with Crippen molar-refractivity contribution in [1.82, 2.24) is 0 Å². The van der Waals surface area contributed by atoms with Gasteiger partial charge in [0.2, 0.25) is 0 Å². The highest BCUT2D eigenvalue weighted by Gasteiger charge is 2.09. The van der Waals surface area contributed by atoms with Crippen LogP contribution in [0.4, 0.5) is 17.1 Å². The third kappa shape index (κ3) is 3.62. The van der Waals surface area contributed by atoms with Crippen LogP contribution in [0.25, 0.3) is 11.1 Å². The second kappa shape index (κ2) is 7.24. The fourth-order valence-electron chi connectivity index (χ4n) is 2.17. The van der Waals surface area contributed by atoms with Gasteiger partial charge in [-0.2, -0.15) is 0 Å². The van der Waals surface area contributed by atoms with Crippen LogP contribution in [0, 0.1) is 0 Å². The van der Waals surface area contributed by atoms with Gasteiger partial charge < -0.3 is 14.8 Å². The molecule has 0 aliphatic carbocycles. The van der Waals surface area contributed by atoms with Gasteiger partial charge >= 0.3 is 0 Å². The summed E-state index contributed by atoms with van der Waals surface area (Å²) in [5.74, 6) is 0. The summed E-state index contributed by atoms with van der Waals surface area (Å²) in [5, 5.41) is 6.38. The summed E-state index contributed by atoms with van der Waals surface area (Å²) < 4.78 is 7.09. The Morgan fingerprint density at radius 2 is 1.62 bits per heavy atom. The van der Waals surface area contributed by atoms with Crippen molar-refractivity contribution in [3.63, 3.8) is 0 Å². The van der Waals surface area contributed by atoms with E-state index in [-0.39, 0.29) is 0 Å². The summed E-state index contributed by atoms with van der Waals surface area (Å²) in [6.07, 6.45) is 0. The van der Waals surface area contributed by atoms with E-state index in [9.17, 15) is 0 Å². The smallest absolute Gasteiger partial charge is 0.114 e. The Balaban J connectivity index is 2.33. The highest BCUT2D eigenvalue weighted by molar-refractivity contribution is 7.96. The zero-order chi connectivity index (χ0) is 15.2. The number of nitrogens with one attached hydrogen (secondary N) is 2. The Labute approximate surface area is 130 Å². The first-order chi connectivity index (χ1) is 10.2. The quantitative estimate of drug-likeness (QED) is 0.621. The first-order valence-electron chi connectivity index (χ1n) is 6.74. The van der Waals surface area contributed by atoms with Gasteiger partial charge in [0.05, 0.1) is 18.5 Å². The van der Waals surface area contributed by atoms with Crippen molar-refractivity contribution in [1.29, 1.82) is 0 Å². The van der Waals surface area contributed by atoms with E-state index in [1.807, 2.05) is 25.4 Å². The molecule has 4 nitrogen and oxygen atoms in total. The molecule has 0 fully saturated rings. The minimum atomic E-state index is 1.07. The van der Waals surface area contributed by atoms with E-state index in [4.69, 9.17) is 4.18 Å². The van der Waals surface area contributed by atoms with Crippen LogP contribution < -0.4 is 14.9 Å². The van der Waals surface area contributed by atoms with Crippen LogP contribution in [-0.2, 0) is 4.18 Å². The van der Waals surface area contributed by atoms with E-state index >= 15 is 0 Å². The Morgan fingerprint density at radius 3 is 2.19 bits per heavy atom. The molecule has 2 rings (SSSR count). The van der Waals surface area contributed by atoms with Crippen molar-refractivity contribution >= 4 is 29.3 Å². The third-order valence-corrected chi connectivity index (χ3v) is 3.87. The number of rotatable bonds is 6. The van der Waals surface area contributed by atoms with Gasteiger partial charge in [-0.1, -0.05) is 18.2 Å². The minimum Gasteiger partial charge on any atom is -0.388 e. The molecule has 0 unspecified atom stereocenters. The predicted octanol–water partition coefficient (Wildman–Crippen LogP) is 4.08. The lowest BCUT2D eigenvalue weighted by Gasteiger charge is -2.20. The molecule has 2 aromatic rings. The lowest BCUT2D eigenvalue weighted by Crippen LogP contribution is -2.09. The van der Waals surface area contributed by atoms with Crippen LogP contribution in [0.1, 0.15) is 0 Å². The van der Waals surface area contributed by atoms with Gasteiger partial charge in [-0.15, -0.1) is 0 Å². The van der Waals surface area contributed by atoms with E-state index in [1.54, 1.807) is 7.11 Å². The molecule has 112 valence electrons. The summed E-state index contributed by atoms with van der Waals surface area (Å²) in [5.41, 5.74) is 5.64. The molecule has 0 amide bonds. The summed E-state index contributed by atoms with van der Waals surface area (Å²) in [6.45, 7) is 0. The molecular formula is C16H21N3OS. The second-order valence-electron chi connectivity index (χ2n) is 4.55. The molecule has 0 atom stereocenters. The maximum atomic E-state index is 5.11. The zero-order valence-corrected chi connectivity index (χ0v) is 13.6. The Bertz CT molecular complexity index is 587. The van der Waals surface area contributed by atoms with Crippen molar-refractivity contribution in [2.24, 2.45) is 0 Å². The first kappa shape index (κ1) is 15.5. The fourth-order valence-corrected chi connectivity index (χ4v) is 2.63. The number of nitrogens with zero attached hydrogens (tertiary/aromatic N) is 1. The number of anilines is 3. The highest BCUT2D eigenvalue weighted by Crippen LogP contribution is 2.33. The lowest BCUT2D eigenvalue weighted by atomic mass is 10.0. The Hall–Kier alpha value is -1.85. The van der Waals surface area contributed by atoms with E-state index in [0.717, 1.165) is 17.1 Å². The third-order valence-electron chi connectivity index (χ3n) is 3.30. The van der Waals surface area contributed by atoms with Crippen molar-refractivity contribution in [3.05, 3.63) is 42.5 Å². The fraction of sp³-hybridized carbons (Fsp3) is 0.250. The Morgan fingerprint density at radius 1 is 0.952 bits per heavy atom. The molecule has 0 aromatic heterocycles. The number of benzene rings is 2. The monoisotopic (exact) mass is 303 g/mol. The van der Waals surface area contributed by atoms with Crippen molar-refractivity contribution in [2.75, 3.05) is 43.2 Å². The van der Waals surface area contributed by atoms with Gasteiger partial charge in [0.1, 0.15) is 12.2 Å². The average Bonchev–Trinajstić information content (AvgIpc) is 2.54. The van der Waals surface area contributed by atoms with E-state index in [2.05, 4.69) is 53.1 Å². The largest absolute Gasteiger partial charge is 0.388 e. The standard InChI is InChI=1S/C16H21N3OS/c1-17-14-8-5-12(6-9-14)13-7-10-16(15(11-13)18-2)19(3)21-20-4/h5-11,17-18H,1-4H3. The van der Waals surface area contributed by atoms with Crippen LogP contribution in [0.5, 0.6) is 0 Å². The number of hydrogen-bond acceptors (Lipinski definition) is 5. The molecule has 0 saturated heterocycles. The molecule has 21 heavy (non-hydrogen) atoms. The molecule has 0 spiro atoms. The molecule has 0 aliphatic rings. The van der Waals surface area contributed by atoms with Gasteiger partial charge in [0, 0.05) is 26.8 Å². The number of hydrogen-bond donors (Lipinski definition) is 2. The van der Waals surface area contributed by atoms with Crippen LogP contribution in [-0.4, -0.2) is 28.3 Å². The molecule has 2 N–H and O–H groups in total. The van der Waals surface area contributed by atoms with Crippen LogP contribution in [0.3, 0.4) is 0 Å². The highest BCUT2D eigenvalue weighted by atomic mass is 32.2. The molecule has 5 heteroatoms. The first-order valence-corrected chi connectivity index (χ1v) is 7.44. The lowest BCUT2D eigenvalue weighted by molar-refractivity contribution is 0.489. The molecule has 0 heterocycles. The molecule has 0 saturated carbocycles. The normalized spacial score (nSPS) is 10.3. The maximum absolute atomic E-state index is 5.11. The summed E-state index contributed by atoms with van der Waals surface area (Å²) >= 11 is 1.31. The summed E-state index contributed by atoms with van der Waals surface area (Å²) in [4.78, 5) is 0. The van der Waals surface area contributed by atoms with Crippen LogP contribution in [0.15, 0.2) is 42.5 Å². The van der Waals surface area contributed by atoms with Gasteiger partial charge in [-0.25, -0.2) is 0 Å². The summed E-state index contributed by atoms with van der Waals surface area (Å²) in [6, 6.07) is 14.8. The van der Waals surface area contributed by atoms with Gasteiger partial charge in [0.15, 0.2) is 0 Å². The average molecular weight is 303 g/mol. The molecule has 0 aliphatic heterocycles. The van der Waals surface area contributed by atoms with Crippen molar-refractivity contribution in [3.8, 4) is 11.1 Å². The van der Waals surface area contributed by atoms with Crippen LogP contribution in [0.2, 0.25) is 0 Å². The van der Waals surface area contributed by atoms with E-state index < -0.39 is 0 Å². The van der Waals surface area contributed by atoms with Crippen molar-refractivity contribution < 1.29 is 4.18 Å². The topological polar surface area (TPSA) is 36.5 Å². The second-order valence-corrected chi connectivity index (χ2v) is 5.58. The maximum Gasteiger partial charge on any atom is 0.114 e. The van der Waals surface area contributed by atoms with Gasteiger partial charge in [-0.3, -0.25) is 4.31 Å². The molecular weight excluding hydrogens is 282 g/mol. The van der Waals surface area contributed by atoms with Gasteiger partial charge in [0.25, 0.3) is 0 Å². The van der Waals surface area contributed by atoms with Crippen molar-refractivity contribution in [2.45, 2.75) is 0 Å².